The molecule has 1 amide bonds. The van der Waals surface area contributed by atoms with Crippen molar-refractivity contribution in [2.45, 2.75) is 51.0 Å². The topological polar surface area (TPSA) is 98.5 Å². The van der Waals surface area contributed by atoms with Crippen molar-refractivity contribution in [2.24, 2.45) is 0 Å². The second-order valence-corrected chi connectivity index (χ2v) is 6.50. The first kappa shape index (κ1) is 17.1. The molecule has 1 aromatic carbocycles. The predicted molar refractivity (Wildman–Crippen MR) is 89.6 cm³/mol. The number of allylic oxidation sites excluding steroid dienone is 1. The van der Waals surface area contributed by atoms with E-state index in [1.165, 1.54) is 12.1 Å². The molecule has 2 aliphatic rings. The van der Waals surface area contributed by atoms with Gasteiger partial charge in [0.15, 0.2) is 0 Å². The Morgan fingerprint density at radius 1 is 1.24 bits per heavy atom. The van der Waals surface area contributed by atoms with Crippen LogP contribution in [0.5, 0.6) is 0 Å². The van der Waals surface area contributed by atoms with Crippen LogP contribution in [-0.2, 0) is 14.3 Å². The van der Waals surface area contributed by atoms with Crippen molar-refractivity contribution in [3.63, 3.8) is 0 Å². The summed E-state index contributed by atoms with van der Waals surface area (Å²) < 4.78 is 5.61. The smallest absolute Gasteiger partial charge is 0.336 e. The Morgan fingerprint density at radius 2 is 1.88 bits per heavy atom. The lowest BCUT2D eigenvalue weighted by Gasteiger charge is -2.27. The van der Waals surface area contributed by atoms with Gasteiger partial charge in [-0.1, -0.05) is 12.1 Å². The summed E-state index contributed by atoms with van der Waals surface area (Å²) in [5, 5.41) is 13.5. The minimum Gasteiger partial charge on any atom is -0.459 e. The standard InChI is InChI=1S/C18H20N2O5/c1-11-17(18(22)25-14-4-2-3-5-14)15(10-16(21)19-11)12-6-8-13(9-7-12)20(23)24/h6-9,14-15H,2-5,10H2,1H3,(H,19,21)/t15-/m0/s1. The second-order valence-electron chi connectivity index (χ2n) is 6.50. The number of esters is 1. The van der Waals surface area contributed by atoms with Crippen molar-refractivity contribution in [3.05, 3.63) is 51.2 Å². The molecular weight excluding hydrogens is 324 g/mol. The number of ether oxygens (including phenoxy) is 1. The van der Waals surface area contributed by atoms with E-state index in [1.807, 2.05) is 0 Å². The number of benzene rings is 1. The molecule has 25 heavy (non-hydrogen) atoms. The fourth-order valence-corrected chi connectivity index (χ4v) is 3.51. The predicted octanol–water partition coefficient (Wildman–Crippen LogP) is 2.96. The van der Waals surface area contributed by atoms with Gasteiger partial charge in [0.25, 0.3) is 5.69 Å². The summed E-state index contributed by atoms with van der Waals surface area (Å²) in [4.78, 5) is 35.0. The number of nitrogens with one attached hydrogen (secondary N) is 1. The third-order valence-electron chi connectivity index (χ3n) is 4.77. The van der Waals surface area contributed by atoms with Gasteiger partial charge in [0.1, 0.15) is 6.10 Å². The van der Waals surface area contributed by atoms with Crippen LogP contribution < -0.4 is 5.32 Å². The van der Waals surface area contributed by atoms with Gasteiger partial charge in [0, 0.05) is 30.2 Å². The zero-order chi connectivity index (χ0) is 18.0. The van der Waals surface area contributed by atoms with Crippen LogP contribution in [-0.4, -0.2) is 22.9 Å². The Labute approximate surface area is 145 Å². The summed E-state index contributed by atoms with van der Waals surface area (Å²) in [6.07, 6.45) is 3.89. The maximum Gasteiger partial charge on any atom is 0.336 e. The van der Waals surface area contributed by atoms with Crippen molar-refractivity contribution in [3.8, 4) is 0 Å². The molecule has 0 aromatic heterocycles. The molecule has 0 saturated heterocycles. The summed E-state index contributed by atoms with van der Waals surface area (Å²) >= 11 is 0. The Morgan fingerprint density at radius 3 is 2.48 bits per heavy atom. The Hall–Kier alpha value is -2.70. The first-order valence-electron chi connectivity index (χ1n) is 8.41. The average Bonchev–Trinajstić information content (AvgIpc) is 3.07. The molecule has 132 valence electrons. The molecule has 1 heterocycles. The monoisotopic (exact) mass is 344 g/mol. The summed E-state index contributed by atoms with van der Waals surface area (Å²) in [7, 11) is 0. The van der Waals surface area contributed by atoms with Gasteiger partial charge in [-0.3, -0.25) is 14.9 Å². The zero-order valence-corrected chi connectivity index (χ0v) is 14.0. The molecule has 0 unspecified atom stereocenters. The van der Waals surface area contributed by atoms with E-state index in [9.17, 15) is 19.7 Å². The number of nitro benzene ring substituents is 1. The number of carbonyl (C=O) groups excluding carboxylic acids is 2. The van der Waals surface area contributed by atoms with Crippen molar-refractivity contribution in [2.75, 3.05) is 0 Å². The third kappa shape index (κ3) is 3.70. The lowest BCUT2D eigenvalue weighted by molar-refractivity contribution is -0.384. The van der Waals surface area contributed by atoms with E-state index in [4.69, 9.17) is 4.74 Å². The number of hydrogen-bond acceptors (Lipinski definition) is 5. The van der Waals surface area contributed by atoms with Gasteiger partial charge >= 0.3 is 5.97 Å². The van der Waals surface area contributed by atoms with Crippen molar-refractivity contribution < 1.29 is 19.2 Å². The van der Waals surface area contributed by atoms with Crippen molar-refractivity contribution >= 4 is 17.6 Å². The maximum absolute atomic E-state index is 12.7. The lowest BCUT2D eigenvalue weighted by atomic mass is 9.84. The molecule has 1 fully saturated rings. The average molecular weight is 344 g/mol. The van der Waals surface area contributed by atoms with E-state index < -0.39 is 16.8 Å². The van der Waals surface area contributed by atoms with Crippen LogP contribution in [0.2, 0.25) is 0 Å². The highest BCUT2D eigenvalue weighted by molar-refractivity contribution is 5.95. The SMILES string of the molecule is CC1=C(C(=O)OC2CCCC2)[C@H](c2ccc([N+](=O)[O-])cc2)CC(=O)N1. The first-order chi connectivity index (χ1) is 12.0. The molecular formula is C18H20N2O5. The summed E-state index contributed by atoms with van der Waals surface area (Å²) in [6, 6.07) is 5.96. The number of carbonyl (C=O) groups is 2. The van der Waals surface area contributed by atoms with Crippen LogP contribution in [0.25, 0.3) is 0 Å². The number of rotatable bonds is 4. The summed E-state index contributed by atoms with van der Waals surface area (Å²) in [6.45, 7) is 1.68. The first-order valence-corrected chi connectivity index (χ1v) is 8.41. The molecule has 1 aliphatic carbocycles. The van der Waals surface area contributed by atoms with Crippen LogP contribution in [0.15, 0.2) is 35.5 Å². The van der Waals surface area contributed by atoms with Gasteiger partial charge in [-0.05, 0) is 38.2 Å². The van der Waals surface area contributed by atoms with Gasteiger partial charge in [0.05, 0.1) is 10.5 Å². The maximum atomic E-state index is 12.7. The minimum absolute atomic E-state index is 0.0280. The van der Waals surface area contributed by atoms with Crippen LogP contribution >= 0.6 is 0 Å². The van der Waals surface area contributed by atoms with Gasteiger partial charge in [-0.15, -0.1) is 0 Å². The molecule has 7 heteroatoms. The molecule has 3 rings (SSSR count). The minimum atomic E-state index is -0.478. The highest BCUT2D eigenvalue weighted by Crippen LogP contribution is 2.35. The number of nitrogens with zero attached hydrogens (tertiary/aromatic N) is 1. The van der Waals surface area contributed by atoms with E-state index in [-0.39, 0.29) is 24.1 Å². The quantitative estimate of drug-likeness (QED) is 0.514. The molecule has 0 bridgehead atoms. The van der Waals surface area contributed by atoms with E-state index in [0.29, 0.717) is 16.8 Å². The molecule has 0 radical (unpaired) electrons. The largest absolute Gasteiger partial charge is 0.459 e. The van der Waals surface area contributed by atoms with E-state index >= 15 is 0 Å². The number of amides is 1. The number of non-ortho nitro benzene ring substituents is 1. The molecule has 1 aromatic rings. The number of nitro groups is 1. The Bertz CT molecular complexity index is 732. The zero-order valence-electron chi connectivity index (χ0n) is 14.0. The van der Waals surface area contributed by atoms with Crippen LogP contribution in [0.3, 0.4) is 0 Å². The van der Waals surface area contributed by atoms with Gasteiger partial charge < -0.3 is 10.1 Å². The van der Waals surface area contributed by atoms with Gasteiger partial charge in [-0.25, -0.2) is 4.79 Å². The fourth-order valence-electron chi connectivity index (χ4n) is 3.51. The molecule has 1 N–H and O–H groups in total. The summed E-state index contributed by atoms with van der Waals surface area (Å²) in [5.74, 6) is -1.05. The fraction of sp³-hybridized carbons (Fsp3) is 0.444. The lowest BCUT2D eigenvalue weighted by Crippen LogP contribution is -2.35. The second kappa shape index (κ2) is 7.04. The highest BCUT2D eigenvalue weighted by atomic mass is 16.6. The van der Waals surface area contributed by atoms with E-state index in [1.54, 1.807) is 19.1 Å². The third-order valence-corrected chi connectivity index (χ3v) is 4.77. The van der Waals surface area contributed by atoms with Crippen molar-refractivity contribution in [1.29, 1.82) is 0 Å². The van der Waals surface area contributed by atoms with E-state index in [0.717, 1.165) is 25.7 Å². The van der Waals surface area contributed by atoms with E-state index in [2.05, 4.69) is 5.32 Å². The van der Waals surface area contributed by atoms with Crippen molar-refractivity contribution in [1.82, 2.24) is 5.32 Å². The Balaban J connectivity index is 1.88. The van der Waals surface area contributed by atoms with Crippen LogP contribution in [0.1, 0.15) is 50.5 Å². The highest BCUT2D eigenvalue weighted by Gasteiger charge is 2.34. The van der Waals surface area contributed by atoms with Gasteiger partial charge in [0.2, 0.25) is 5.91 Å². The molecule has 7 nitrogen and oxygen atoms in total. The molecule has 0 spiro atoms. The van der Waals surface area contributed by atoms with Gasteiger partial charge in [-0.2, -0.15) is 0 Å². The van der Waals surface area contributed by atoms with Crippen LogP contribution in [0.4, 0.5) is 5.69 Å². The molecule has 1 atom stereocenters. The number of hydrogen-bond donors (Lipinski definition) is 1. The Kier molecular flexibility index (Phi) is 4.83. The molecule has 1 aliphatic heterocycles. The normalized spacial score (nSPS) is 21.2. The summed E-state index contributed by atoms with van der Waals surface area (Å²) in [5.41, 5.74) is 1.58. The molecule has 1 saturated carbocycles. The van der Waals surface area contributed by atoms with Crippen LogP contribution in [0, 0.1) is 10.1 Å².